The van der Waals surface area contributed by atoms with Gasteiger partial charge in [-0.3, -0.25) is 0 Å². The fraction of sp³-hybridized carbons (Fsp3) is 0.444. The van der Waals surface area contributed by atoms with Crippen LogP contribution in [0.3, 0.4) is 0 Å². The summed E-state index contributed by atoms with van der Waals surface area (Å²) < 4.78 is 28.7. The number of nitrogens with one attached hydrogen (secondary N) is 1. The van der Waals surface area contributed by atoms with E-state index in [2.05, 4.69) is 20.3 Å². The molecule has 1 amide bonds. The first kappa shape index (κ1) is 20.0. The van der Waals surface area contributed by atoms with E-state index in [1.54, 1.807) is 17.2 Å². The molecule has 0 spiro atoms. The summed E-state index contributed by atoms with van der Waals surface area (Å²) in [5, 5.41) is 2.95. The van der Waals surface area contributed by atoms with Gasteiger partial charge in [-0.2, -0.15) is 0 Å². The lowest BCUT2D eigenvalue weighted by atomic mass is 10.1. The zero-order chi connectivity index (χ0) is 20.5. The highest BCUT2D eigenvalue weighted by Crippen LogP contribution is 2.22. The second kappa shape index (κ2) is 7.34. The van der Waals surface area contributed by atoms with Gasteiger partial charge in [-0.15, -0.1) is 0 Å². The molecule has 3 heterocycles. The normalized spacial score (nSPS) is 14.4. The molecule has 0 unspecified atom stereocenters. The summed E-state index contributed by atoms with van der Waals surface area (Å²) in [4.78, 5) is 26.5. The molecule has 1 N–H and O–H groups in total. The van der Waals surface area contributed by atoms with E-state index in [4.69, 9.17) is 4.74 Å². The van der Waals surface area contributed by atoms with Crippen molar-refractivity contribution in [3.63, 3.8) is 0 Å². The number of sulfone groups is 1. The number of anilines is 2. The average Bonchev–Trinajstić information content (AvgIpc) is 2.59. The Hall–Kier alpha value is -2.75. The summed E-state index contributed by atoms with van der Waals surface area (Å²) in [7, 11) is -3.41. The number of hydrogen-bond donors (Lipinski definition) is 1. The van der Waals surface area contributed by atoms with Crippen LogP contribution in [0.5, 0.6) is 0 Å². The fourth-order valence-electron chi connectivity index (χ4n) is 2.66. The molecule has 2 aromatic rings. The van der Waals surface area contributed by atoms with Crippen LogP contribution in [-0.4, -0.2) is 52.8 Å². The van der Waals surface area contributed by atoms with Crippen molar-refractivity contribution < 1.29 is 17.9 Å². The second-order valence-corrected chi connectivity index (χ2v) is 9.56. The number of nitrogens with zero attached hydrogens (tertiary/aromatic N) is 4. The van der Waals surface area contributed by atoms with Gasteiger partial charge in [0.2, 0.25) is 5.95 Å². The van der Waals surface area contributed by atoms with Gasteiger partial charge < -0.3 is 15.0 Å². The minimum atomic E-state index is -3.41. The third-order valence-electron chi connectivity index (χ3n) is 3.97. The summed E-state index contributed by atoms with van der Waals surface area (Å²) in [5.41, 5.74) is 1.65. The van der Waals surface area contributed by atoms with E-state index in [1.165, 1.54) is 12.3 Å². The van der Waals surface area contributed by atoms with Gasteiger partial charge in [0.25, 0.3) is 0 Å². The van der Waals surface area contributed by atoms with Crippen molar-refractivity contribution >= 4 is 27.6 Å². The van der Waals surface area contributed by atoms with Crippen molar-refractivity contribution in [2.45, 2.75) is 44.4 Å². The van der Waals surface area contributed by atoms with E-state index in [-0.39, 0.29) is 11.1 Å². The number of pyridine rings is 1. The van der Waals surface area contributed by atoms with Crippen LogP contribution in [0, 0.1) is 0 Å². The highest BCUT2D eigenvalue weighted by atomic mass is 32.2. The van der Waals surface area contributed by atoms with Gasteiger partial charge in [-0.25, -0.2) is 28.2 Å². The SMILES string of the molecule is CC(C)(C)OC(=O)N1CCc2cnc(Nc3ccnc(S(C)(=O)=O)c3)nc2C1. The van der Waals surface area contributed by atoms with Gasteiger partial charge in [0.1, 0.15) is 5.60 Å². The topological polar surface area (TPSA) is 114 Å². The molecule has 1 aliphatic rings. The summed E-state index contributed by atoms with van der Waals surface area (Å²) in [6.07, 6.45) is 4.48. The van der Waals surface area contributed by atoms with Crippen molar-refractivity contribution in [3.05, 3.63) is 35.8 Å². The number of carbonyl (C=O) groups excluding carboxylic acids is 1. The molecule has 0 saturated heterocycles. The molecule has 0 bridgehead atoms. The maximum atomic E-state index is 12.3. The minimum absolute atomic E-state index is 0.0356. The first-order chi connectivity index (χ1) is 13.0. The molecule has 0 aromatic carbocycles. The van der Waals surface area contributed by atoms with Gasteiger partial charge in [0.05, 0.1) is 12.2 Å². The third kappa shape index (κ3) is 4.94. The molecule has 0 aliphatic carbocycles. The van der Waals surface area contributed by atoms with E-state index in [0.717, 1.165) is 17.5 Å². The standard InChI is InChI=1S/C18H23N5O4S/c1-18(2,3)27-17(24)23-8-6-12-10-20-16(22-14(12)11-23)21-13-5-7-19-15(9-13)28(4,25)26/h5,7,9-10H,6,8,11H2,1-4H3,(H,19,20,21,22). The Morgan fingerprint density at radius 3 is 2.71 bits per heavy atom. The molecule has 150 valence electrons. The summed E-state index contributed by atoms with van der Waals surface area (Å²) in [6, 6.07) is 3.05. The minimum Gasteiger partial charge on any atom is -0.444 e. The van der Waals surface area contributed by atoms with Gasteiger partial charge in [0.15, 0.2) is 14.9 Å². The summed E-state index contributed by atoms with van der Waals surface area (Å²) >= 11 is 0. The maximum absolute atomic E-state index is 12.3. The van der Waals surface area contributed by atoms with Crippen LogP contribution in [0.4, 0.5) is 16.4 Å². The Labute approximate surface area is 164 Å². The second-order valence-electron chi connectivity index (χ2n) is 7.60. The smallest absolute Gasteiger partial charge is 0.410 e. The molecule has 9 nitrogen and oxygen atoms in total. The van der Waals surface area contributed by atoms with Gasteiger partial charge in [0, 0.05) is 30.9 Å². The quantitative estimate of drug-likeness (QED) is 0.827. The molecule has 0 fully saturated rings. The predicted molar refractivity (Wildman–Crippen MR) is 103 cm³/mol. The van der Waals surface area contributed by atoms with E-state index < -0.39 is 15.4 Å². The lowest BCUT2D eigenvalue weighted by Crippen LogP contribution is -2.40. The molecule has 1 aliphatic heterocycles. The molecule has 10 heteroatoms. The number of ether oxygens (including phenoxy) is 1. The molecular formula is C18H23N5O4S. The van der Waals surface area contributed by atoms with Crippen LogP contribution in [-0.2, 0) is 27.5 Å². The summed E-state index contributed by atoms with van der Waals surface area (Å²) in [5.74, 6) is 0.315. The monoisotopic (exact) mass is 405 g/mol. The highest BCUT2D eigenvalue weighted by Gasteiger charge is 2.26. The third-order valence-corrected chi connectivity index (χ3v) is 4.95. The molecular weight excluding hydrogens is 382 g/mol. The van der Waals surface area contributed by atoms with Crippen LogP contribution in [0.1, 0.15) is 32.0 Å². The van der Waals surface area contributed by atoms with Crippen LogP contribution < -0.4 is 5.32 Å². The molecule has 0 radical (unpaired) electrons. The van der Waals surface area contributed by atoms with E-state index in [9.17, 15) is 13.2 Å². The predicted octanol–water partition coefficient (Wildman–Crippen LogP) is 2.31. The van der Waals surface area contributed by atoms with Crippen molar-refractivity contribution in [1.29, 1.82) is 0 Å². The Morgan fingerprint density at radius 2 is 2.04 bits per heavy atom. The highest BCUT2D eigenvalue weighted by molar-refractivity contribution is 7.90. The van der Waals surface area contributed by atoms with Gasteiger partial charge >= 0.3 is 6.09 Å². The van der Waals surface area contributed by atoms with Crippen molar-refractivity contribution in [2.24, 2.45) is 0 Å². The lowest BCUT2D eigenvalue weighted by Gasteiger charge is -2.30. The van der Waals surface area contributed by atoms with E-state index >= 15 is 0 Å². The number of rotatable bonds is 3. The van der Waals surface area contributed by atoms with Crippen molar-refractivity contribution in [2.75, 3.05) is 18.1 Å². The van der Waals surface area contributed by atoms with Crippen molar-refractivity contribution in [1.82, 2.24) is 19.9 Å². The maximum Gasteiger partial charge on any atom is 0.410 e. The Kier molecular flexibility index (Phi) is 5.24. The average molecular weight is 405 g/mol. The Bertz CT molecular complexity index is 1000. The molecule has 3 rings (SSSR count). The van der Waals surface area contributed by atoms with Gasteiger partial charge in [-0.1, -0.05) is 0 Å². The number of aromatic nitrogens is 3. The Morgan fingerprint density at radius 1 is 1.29 bits per heavy atom. The van der Waals surface area contributed by atoms with Crippen LogP contribution in [0.15, 0.2) is 29.6 Å². The molecule has 0 atom stereocenters. The fourth-order valence-corrected chi connectivity index (χ4v) is 3.26. The number of amides is 1. The van der Waals surface area contributed by atoms with Gasteiger partial charge in [-0.05, 0) is 44.9 Å². The van der Waals surface area contributed by atoms with Crippen LogP contribution >= 0.6 is 0 Å². The first-order valence-electron chi connectivity index (χ1n) is 8.77. The molecule has 2 aromatic heterocycles. The zero-order valence-corrected chi connectivity index (χ0v) is 17.1. The number of hydrogen-bond acceptors (Lipinski definition) is 8. The van der Waals surface area contributed by atoms with Crippen LogP contribution in [0.25, 0.3) is 0 Å². The number of carbonyl (C=O) groups is 1. The number of fused-ring (bicyclic) bond motifs is 1. The first-order valence-corrected chi connectivity index (χ1v) is 10.7. The zero-order valence-electron chi connectivity index (χ0n) is 16.3. The molecule has 28 heavy (non-hydrogen) atoms. The summed E-state index contributed by atoms with van der Waals surface area (Å²) in [6.45, 7) is 6.35. The van der Waals surface area contributed by atoms with Crippen LogP contribution in [0.2, 0.25) is 0 Å². The van der Waals surface area contributed by atoms with E-state index in [1.807, 2.05) is 20.8 Å². The van der Waals surface area contributed by atoms with E-state index in [0.29, 0.717) is 31.1 Å². The lowest BCUT2D eigenvalue weighted by molar-refractivity contribution is 0.0220. The largest absolute Gasteiger partial charge is 0.444 e. The molecule has 0 saturated carbocycles. The Balaban J connectivity index is 1.77. The van der Waals surface area contributed by atoms with Crippen molar-refractivity contribution in [3.8, 4) is 0 Å².